The second kappa shape index (κ2) is 6.99. The van der Waals surface area contributed by atoms with Gasteiger partial charge in [0.1, 0.15) is 5.75 Å². The van der Waals surface area contributed by atoms with Gasteiger partial charge >= 0.3 is 6.18 Å². The zero-order valence-corrected chi connectivity index (χ0v) is 10.8. The third kappa shape index (κ3) is 4.96. The Kier molecular flexibility index (Phi) is 5.63. The molecule has 0 radical (unpaired) electrons. The molecule has 0 fully saturated rings. The number of methoxy groups -OCH3 is 1. The third-order valence-corrected chi connectivity index (χ3v) is 2.30. The van der Waals surface area contributed by atoms with Gasteiger partial charge in [0.05, 0.1) is 12.2 Å². The Hall–Kier alpha value is -1.96. The summed E-state index contributed by atoms with van der Waals surface area (Å²) in [6, 6.07) is 3.12. The summed E-state index contributed by atoms with van der Waals surface area (Å²) >= 11 is 0. The van der Waals surface area contributed by atoms with E-state index in [0.29, 0.717) is 6.61 Å². The monoisotopic (exact) mass is 292 g/mol. The molecule has 1 aromatic carbocycles. The van der Waals surface area contributed by atoms with Gasteiger partial charge < -0.3 is 20.5 Å². The summed E-state index contributed by atoms with van der Waals surface area (Å²) in [4.78, 5) is 11.3. The Morgan fingerprint density at radius 3 is 2.70 bits per heavy atom. The number of anilines is 1. The fourth-order valence-corrected chi connectivity index (χ4v) is 1.38. The quantitative estimate of drug-likeness (QED) is 0.614. The van der Waals surface area contributed by atoms with Crippen LogP contribution < -0.4 is 15.8 Å². The second-order valence-corrected chi connectivity index (χ2v) is 3.88. The molecule has 0 bridgehead atoms. The lowest BCUT2D eigenvalue weighted by Gasteiger charge is -2.14. The number of nitrogens with two attached hydrogens (primary N) is 1. The van der Waals surface area contributed by atoms with E-state index in [1.165, 1.54) is 13.2 Å². The van der Waals surface area contributed by atoms with E-state index >= 15 is 0 Å². The predicted molar refractivity (Wildman–Crippen MR) is 66.2 cm³/mol. The maximum atomic E-state index is 12.7. The average molecular weight is 292 g/mol. The van der Waals surface area contributed by atoms with Gasteiger partial charge in [-0.15, -0.1) is 0 Å². The maximum Gasteiger partial charge on any atom is 0.420 e. The van der Waals surface area contributed by atoms with Gasteiger partial charge in [-0.3, -0.25) is 4.79 Å². The number of rotatable bonds is 6. The summed E-state index contributed by atoms with van der Waals surface area (Å²) in [5, 5.41) is 2.43. The van der Waals surface area contributed by atoms with Crippen LogP contribution in [0.15, 0.2) is 18.2 Å². The molecule has 8 heteroatoms. The molecule has 112 valence electrons. The first kappa shape index (κ1) is 16.1. The number of carbonyl (C=O) groups is 1. The number of benzene rings is 1. The van der Waals surface area contributed by atoms with Gasteiger partial charge in [-0.2, -0.15) is 13.2 Å². The van der Waals surface area contributed by atoms with E-state index in [-0.39, 0.29) is 12.2 Å². The molecule has 1 rings (SSSR count). The van der Waals surface area contributed by atoms with E-state index in [4.69, 9.17) is 15.2 Å². The van der Waals surface area contributed by atoms with E-state index in [2.05, 4.69) is 5.32 Å². The number of alkyl halides is 3. The first-order valence-electron chi connectivity index (χ1n) is 5.69. The first-order chi connectivity index (χ1) is 9.34. The highest BCUT2D eigenvalue weighted by molar-refractivity contribution is 5.77. The number of hydrogen-bond donors (Lipinski definition) is 2. The molecule has 0 aliphatic rings. The van der Waals surface area contributed by atoms with Crippen molar-refractivity contribution in [1.82, 2.24) is 5.32 Å². The highest BCUT2D eigenvalue weighted by atomic mass is 19.4. The predicted octanol–water partition coefficient (Wildman–Crippen LogP) is 1.43. The van der Waals surface area contributed by atoms with Crippen molar-refractivity contribution in [3.8, 4) is 5.75 Å². The van der Waals surface area contributed by atoms with Crippen LogP contribution in [0.5, 0.6) is 5.75 Å². The van der Waals surface area contributed by atoms with Crippen molar-refractivity contribution in [1.29, 1.82) is 0 Å². The van der Waals surface area contributed by atoms with E-state index in [1.807, 2.05) is 0 Å². The summed E-state index contributed by atoms with van der Waals surface area (Å²) in [6.07, 6.45) is -4.60. The summed E-state index contributed by atoms with van der Waals surface area (Å²) in [6.45, 7) is 0.0463. The molecule has 1 amide bonds. The number of nitrogen functional groups attached to an aromatic ring is 1. The van der Waals surface area contributed by atoms with Crippen molar-refractivity contribution in [3.63, 3.8) is 0 Å². The largest absolute Gasteiger partial charge is 0.483 e. The molecule has 0 atom stereocenters. The maximum absolute atomic E-state index is 12.7. The Morgan fingerprint density at radius 2 is 2.10 bits per heavy atom. The molecule has 0 heterocycles. The van der Waals surface area contributed by atoms with Crippen LogP contribution in [0, 0.1) is 0 Å². The van der Waals surface area contributed by atoms with Gasteiger partial charge in [0.25, 0.3) is 5.91 Å². The van der Waals surface area contributed by atoms with Gasteiger partial charge in [0.2, 0.25) is 0 Å². The van der Waals surface area contributed by atoms with Crippen molar-refractivity contribution >= 4 is 11.6 Å². The Bertz CT molecular complexity index is 464. The summed E-state index contributed by atoms with van der Waals surface area (Å²) < 4.78 is 47.8. The minimum Gasteiger partial charge on any atom is -0.483 e. The number of carbonyl (C=O) groups excluding carboxylic acids is 1. The number of halogens is 3. The fourth-order valence-electron chi connectivity index (χ4n) is 1.38. The summed E-state index contributed by atoms with van der Waals surface area (Å²) in [5.41, 5.74) is 4.27. The molecular weight excluding hydrogens is 277 g/mol. The second-order valence-electron chi connectivity index (χ2n) is 3.88. The molecule has 20 heavy (non-hydrogen) atoms. The van der Waals surface area contributed by atoms with Gasteiger partial charge in [0.15, 0.2) is 6.61 Å². The van der Waals surface area contributed by atoms with Gasteiger partial charge in [-0.1, -0.05) is 0 Å². The third-order valence-electron chi connectivity index (χ3n) is 2.30. The smallest absolute Gasteiger partial charge is 0.420 e. The zero-order valence-electron chi connectivity index (χ0n) is 10.8. The number of amides is 1. The minimum atomic E-state index is -4.60. The lowest BCUT2D eigenvalue weighted by Crippen LogP contribution is -2.31. The highest BCUT2D eigenvalue weighted by Gasteiger charge is 2.34. The number of nitrogens with one attached hydrogen (secondary N) is 1. The summed E-state index contributed by atoms with van der Waals surface area (Å²) in [7, 11) is 1.46. The summed E-state index contributed by atoms with van der Waals surface area (Å²) in [5.74, 6) is -0.972. The van der Waals surface area contributed by atoms with E-state index < -0.39 is 30.0 Å². The molecule has 0 saturated carbocycles. The Balaban J connectivity index is 2.66. The van der Waals surface area contributed by atoms with Crippen molar-refractivity contribution in [3.05, 3.63) is 23.8 Å². The average Bonchev–Trinajstić information content (AvgIpc) is 2.36. The van der Waals surface area contributed by atoms with Crippen LogP contribution >= 0.6 is 0 Å². The topological polar surface area (TPSA) is 73.6 Å². The lowest BCUT2D eigenvalue weighted by molar-refractivity contribution is -0.139. The minimum absolute atomic E-state index is 0.0331. The van der Waals surface area contributed by atoms with Crippen LogP contribution in [0.3, 0.4) is 0 Å². The van der Waals surface area contributed by atoms with Gasteiger partial charge in [0, 0.05) is 19.3 Å². The van der Waals surface area contributed by atoms with E-state index in [1.54, 1.807) is 0 Å². The molecule has 0 aromatic heterocycles. The van der Waals surface area contributed by atoms with E-state index in [0.717, 1.165) is 12.1 Å². The molecular formula is C12H15F3N2O3. The molecule has 0 aliphatic carbocycles. The van der Waals surface area contributed by atoms with Gasteiger partial charge in [-0.05, 0) is 18.2 Å². The molecule has 1 aromatic rings. The standard InChI is InChI=1S/C12H15F3N2O3/c1-19-5-4-17-11(18)7-20-10-3-2-8(16)6-9(10)12(13,14)15/h2-3,6H,4-5,7,16H2,1H3,(H,17,18). The lowest BCUT2D eigenvalue weighted by atomic mass is 10.1. The molecule has 5 nitrogen and oxygen atoms in total. The van der Waals surface area contributed by atoms with Crippen molar-refractivity contribution in [2.24, 2.45) is 0 Å². The van der Waals surface area contributed by atoms with Crippen LogP contribution in [0.2, 0.25) is 0 Å². The Morgan fingerprint density at radius 1 is 1.40 bits per heavy atom. The van der Waals surface area contributed by atoms with Gasteiger partial charge in [-0.25, -0.2) is 0 Å². The van der Waals surface area contributed by atoms with Crippen LogP contribution in [-0.2, 0) is 15.7 Å². The van der Waals surface area contributed by atoms with Crippen LogP contribution in [0.1, 0.15) is 5.56 Å². The molecule has 0 aliphatic heterocycles. The first-order valence-corrected chi connectivity index (χ1v) is 5.69. The van der Waals surface area contributed by atoms with Crippen LogP contribution in [-0.4, -0.2) is 32.8 Å². The number of hydrogen-bond acceptors (Lipinski definition) is 4. The Labute approximate surface area is 113 Å². The van der Waals surface area contributed by atoms with Crippen LogP contribution in [0.25, 0.3) is 0 Å². The van der Waals surface area contributed by atoms with Crippen molar-refractivity contribution in [2.75, 3.05) is 32.6 Å². The van der Waals surface area contributed by atoms with Crippen LogP contribution in [0.4, 0.5) is 18.9 Å². The number of ether oxygens (including phenoxy) is 2. The highest BCUT2D eigenvalue weighted by Crippen LogP contribution is 2.37. The molecule has 3 N–H and O–H groups in total. The normalized spacial score (nSPS) is 11.2. The van der Waals surface area contributed by atoms with Crippen molar-refractivity contribution < 1.29 is 27.4 Å². The molecule has 0 unspecified atom stereocenters. The van der Waals surface area contributed by atoms with E-state index in [9.17, 15) is 18.0 Å². The molecule has 0 saturated heterocycles. The SMILES string of the molecule is COCCNC(=O)COc1ccc(N)cc1C(F)(F)F. The molecule has 0 spiro atoms. The van der Waals surface area contributed by atoms with Crippen molar-refractivity contribution in [2.45, 2.75) is 6.18 Å². The fraction of sp³-hybridized carbons (Fsp3) is 0.417. The zero-order chi connectivity index (χ0) is 15.2.